The summed E-state index contributed by atoms with van der Waals surface area (Å²) in [7, 11) is 0. The van der Waals surface area contributed by atoms with E-state index in [9.17, 15) is 9.59 Å². The molecule has 0 bridgehead atoms. The molecular formula is C26H17N5O2. The molecule has 0 atom stereocenters. The van der Waals surface area contributed by atoms with Gasteiger partial charge in [-0.3, -0.25) is 14.6 Å². The monoisotopic (exact) mass is 431 g/mol. The van der Waals surface area contributed by atoms with Crippen LogP contribution in [0.25, 0.3) is 33.0 Å². The summed E-state index contributed by atoms with van der Waals surface area (Å²) in [6.07, 6.45) is 8.27. The summed E-state index contributed by atoms with van der Waals surface area (Å²) in [6, 6.07) is 19.0. The van der Waals surface area contributed by atoms with E-state index in [0.29, 0.717) is 27.8 Å². The summed E-state index contributed by atoms with van der Waals surface area (Å²) in [4.78, 5) is 37.7. The molecule has 3 aromatic heterocycles. The Balaban J connectivity index is 1.56. The number of imide groups is 1. The van der Waals surface area contributed by atoms with Crippen LogP contribution in [0.4, 0.5) is 0 Å². The minimum absolute atomic E-state index is 0.325. The molecule has 0 radical (unpaired) electrons. The van der Waals surface area contributed by atoms with Crippen LogP contribution in [0.1, 0.15) is 16.7 Å². The van der Waals surface area contributed by atoms with Gasteiger partial charge < -0.3 is 9.97 Å². The van der Waals surface area contributed by atoms with Crippen LogP contribution in [-0.2, 0) is 9.59 Å². The van der Waals surface area contributed by atoms with Crippen molar-refractivity contribution in [2.45, 2.75) is 0 Å². The molecule has 33 heavy (non-hydrogen) atoms. The number of H-pyrrole nitrogens is 2. The first-order chi connectivity index (χ1) is 16.2. The number of amides is 2. The number of carbonyl (C=O) groups is 2. The van der Waals surface area contributed by atoms with E-state index in [1.54, 1.807) is 36.9 Å². The molecule has 5 aromatic rings. The lowest BCUT2D eigenvalue weighted by atomic mass is 9.95. The van der Waals surface area contributed by atoms with Gasteiger partial charge in [0, 0.05) is 63.3 Å². The molecule has 1 aliphatic heterocycles. The Hall–Kier alpha value is -4.78. The summed E-state index contributed by atoms with van der Waals surface area (Å²) in [6.45, 7) is 0. The van der Waals surface area contributed by atoms with E-state index >= 15 is 0 Å². The number of aromatic amines is 2. The highest BCUT2D eigenvalue weighted by molar-refractivity contribution is 6.50. The Morgan fingerprint density at radius 1 is 0.758 bits per heavy atom. The highest BCUT2D eigenvalue weighted by atomic mass is 16.2. The smallest absolute Gasteiger partial charge is 0.283 e. The van der Waals surface area contributed by atoms with Gasteiger partial charge in [-0.25, -0.2) is 0 Å². The number of nitrogens with zero attached hydrogens (tertiary/aromatic N) is 3. The van der Waals surface area contributed by atoms with Crippen LogP contribution in [0, 0.1) is 0 Å². The molecule has 0 spiro atoms. The van der Waals surface area contributed by atoms with Gasteiger partial charge in [-0.15, -0.1) is 0 Å². The first kappa shape index (κ1) is 18.9. The van der Waals surface area contributed by atoms with Crippen LogP contribution >= 0.6 is 0 Å². The molecule has 0 fully saturated rings. The number of hydrogen-bond donors (Lipinski definition) is 2. The maximum atomic E-state index is 13.6. The van der Waals surface area contributed by atoms with Crippen molar-refractivity contribution >= 4 is 51.0 Å². The lowest BCUT2D eigenvalue weighted by Gasteiger charge is -2.07. The van der Waals surface area contributed by atoms with Crippen molar-refractivity contribution in [2.24, 2.45) is 5.10 Å². The maximum Gasteiger partial charge on any atom is 0.283 e. The molecule has 7 nitrogen and oxygen atoms in total. The second-order valence-electron chi connectivity index (χ2n) is 7.70. The molecule has 2 N–H and O–H groups in total. The number of fused-ring (bicyclic) bond motifs is 2. The fourth-order valence-corrected chi connectivity index (χ4v) is 4.26. The highest BCUT2D eigenvalue weighted by Crippen LogP contribution is 2.40. The molecule has 0 aliphatic carbocycles. The van der Waals surface area contributed by atoms with Crippen LogP contribution in [-0.4, -0.2) is 38.0 Å². The number of aromatic nitrogens is 3. The van der Waals surface area contributed by atoms with E-state index in [-0.39, 0.29) is 0 Å². The number of para-hydroxylation sites is 2. The van der Waals surface area contributed by atoms with Crippen LogP contribution < -0.4 is 0 Å². The van der Waals surface area contributed by atoms with E-state index in [4.69, 9.17) is 0 Å². The lowest BCUT2D eigenvalue weighted by molar-refractivity contribution is -0.135. The third-order valence-corrected chi connectivity index (χ3v) is 5.79. The number of carbonyl (C=O) groups excluding carboxylic acids is 2. The number of nitrogens with one attached hydrogen (secondary N) is 2. The summed E-state index contributed by atoms with van der Waals surface area (Å²) in [5, 5.41) is 6.90. The Morgan fingerprint density at radius 3 is 1.88 bits per heavy atom. The first-order valence-electron chi connectivity index (χ1n) is 10.4. The largest absolute Gasteiger partial charge is 0.361 e. The molecule has 7 heteroatoms. The second kappa shape index (κ2) is 7.42. The van der Waals surface area contributed by atoms with Crippen molar-refractivity contribution in [3.63, 3.8) is 0 Å². The van der Waals surface area contributed by atoms with Gasteiger partial charge in [-0.1, -0.05) is 42.5 Å². The molecule has 0 unspecified atom stereocenters. The Bertz CT molecular complexity index is 1510. The molecule has 2 amide bonds. The Morgan fingerprint density at radius 2 is 1.33 bits per heavy atom. The van der Waals surface area contributed by atoms with Crippen molar-refractivity contribution in [3.8, 4) is 0 Å². The average molecular weight is 431 g/mol. The predicted molar refractivity (Wildman–Crippen MR) is 127 cm³/mol. The fraction of sp³-hybridized carbons (Fsp3) is 0. The molecule has 2 aromatic carbocycles. The molecular weight excluding hydrogens is 414 g/mol. The molecule has 4 heterocycles. The number of hydrazone groups is 1. The van der Waals surface area contributed by atoms with Crippen molar-refractivity contribution in [2.75, 3.05) is 0 Å². The zero-order valence-electron chi connectivity index (χ0n) is 17.3. The van der Waals surface area contributed by atoms with Gasteiger partial charge in [0.25, 0.3) is 11.8 Å². The third kappa shape index (κ3) is 2.98. The van der Waals surface area contributed by atoms with Crippen LogP contribution in [0.15, 0.2) is 90.6 Å². The van der Waals surface area contributed by atoms with Crippen LogP contribution in [0.2, 0.25) is 0 Å². The summed E-state index contributed by atoms with van der Waals surface area (Å²) in [5.74, 6) is -0.935. The van der Waals surface area contributed by atoms with Crippen molar-refractivity contribution < 1.29 is 9.59 Å². The third-order valence-electron chi connectivity index (χ3n) is 5.79. The van der Waals surface area contributed by atoms with Gasteiger partial charge in [0.05, 0.1) is 17.4 Å². The number of benzene rings is 2. The minimum Gasteiger partial charge on any atom is -0.361 e. The molecule has 158 valence electrons. The second-order valence-corrected chi connectivity index (χ2v) is 7.70. The van der Waals surface area contributed by atoms with Crippen molar-refractivity contribution in [1.82, 2.24) is 20.0 Å². The van der Waals surface area contributed by atoms with Gasteiger partial charge in [-0.2, -0.15) is 10.1 Å². The molecule has 6 rings (SSSR count). The van der Waals surface area contributed by atoms with Gasteiger partial charge in [0.1, 0.15) is 0 Å². The average Bonchev–Trinajstić information content (AvgIpc) is 3.53. The summed E-state index contributed by atoms with van der Waals surface area (Å²) >= 11 is 0. The van der Waals surface area contributed by atoms with E-state index in [0.717, 1.165) is 26.8 Å². The quantitative estimate of drug-likeness (QED) is 0.327. The van der Waals surface area contributed by atoms with Crippen LogP contribution in [0.5, 0.6) is 0 Å². The minimum atomic E-state index is -0.467. The molecule has 0 saturated heterocycles. The summed E-state index contributed by atoms with van der Waals surface area (Å²) < 4.78 is 0. The van der Waals surface area contributed by atoms with Gasteiger partial charge in [0.15, 0.2) is 0 Å². The van der Waals surface area contributed by atoms with Gasteiger partial charge in [0.2, 0.25) is 0 Å². The Labute approximate surface area is 188 Å². The topological polar surface area (TPSA) is 94.2 Å². The molecule has 1 aliphatic rings. The molecule has 0 saturated carbocycles. The van der Waals surface area contributed by atoms with E-state index in [2.05, 4.69) is 20.1 Å². The number of rotatable bonds is 4. The summed E-state index contributed by atoms with van der Waals surface area (Å²) in [5.41, 5.74) is 4.45. The van der Waals surface area contributed by atoms with E-state index in [1.165, 1.54) is 6.21 Å². The van der Waals surface area contributed by atoms with Crippen LogP contribution in [0.3, 0.4) is 0 Å². The normalized spacial score (nSPS) is 14.5. The predicted octanol–water partition coefficient (Wildman–Crippen LogP) is 4.36. The number of hydrogen-bond acceptors (Lipinski definition) is 4. The first-order valence-corrected chi connectivity index (χ1v) is 10.4. The zero-order chi connectivity index (χ0) is 22.4. The van der Waals surface area contributed by atoms with E-state index < -0.39 is 11.8 Å². The highest BCUT2D eigenvalue weighted by Gasteiger charge is 2.41. The number of pyridine rings is 1. The van der Waals surface area contributed by atoms with Crippen molar-refractivity contribution in [3.05, 3.63) is 102 Å². The Kier molecular flexibility index (Phi) is 4.26. The van der Waals surface area contributed by atoms with Gasteiger partial charge in [-0.05, 0) is 18.2 Å². The van der Waals surface area contributed by atoms with Crippen molar-refractivity contribution in [1.29, 1.82) is 0 Å². The lowest BCUT2D eigenvalue weighted by Crippen LogP contribution is -2.26. The van der Waals surface area contributed by atoms with E-state index in [1.807, 2.05) is 48.5 Å². The van der Waals surface area contributed by atoms with Gasteiger partial charge >= 0.3 is 0 Å². The standard InChI is InChI=1S/C26H17N5O2/c32-25-23(19-14-28-21-9-3-1-7-17(19)21)24(20-15-29-22-10-4-2-8-18(20)22)26(33)31(25)30-13-16-6-5-11-27-12-16/h1-15,28-29H/b30-13+. The zero-order valence-corrected chi connectivity index (χ0v) is 17.3. The maximum absolute atomic E-state index is 13.6. The SMILES string of the molecule is O=C1C(c2c[nH]c3ccccc23)=C(c2c[nH]c3ccccc23)C(=O)N1/N=C/c1cccnc1. The fourth-order valence-electron chi connectivity index (χ4n) is 4.26.